The molecule has 1 saturated heterocycles. The van der Waals surface area contributed by atoms with Gasteiger partial charge in [0.2, 0.25) is 0 Å². The number of hydrogen-bond donors (Lipinski definition) is 0. The third-order valence-electron chi connectivity index (χ3n) is 6.42. The standard InChI is InChI=1S/C22H30FN3O4S/c1-14(2)21-24-22(30-25-21)26-9-6-15(7-10-26)18-12-16(18)8-11-29-20-5-4-17(13-19(20)23)31(3,27)28/h4-5,13-16,18H,6-12H2,1-3H3/t16-,18+/m0/s1. The maximum atomic E-state index is 14.1. The Hall–Kier alpha value is -2.16. The average molecular weight is 452 g/mol. The molecular weight excluding hydrogens is 421 g/mol. The Bertz CT molecular complexity index is 1020. The Kier molecular flexibility index (Phi) is 6.23. The molecule has 2 aliphatic rings. The van der Waals surface area contributed by atoms with Gasteiger partial charge in [0.1, 0.15) is 0 Å². The number of ether oxygens (including phenoxy) is 1. The Morgan fingerprint density at radius 2 is 2.03 bits per heavy atom. The van der Waals surface area contributed by atoms with Crippen LogP contribution in [0.3, 0.4) is 0 Å². The molecule has 1 saturated carbocycles. The minimum Gasteiger partial charge on any atom is -0.491 e. The highest BCUT2D eigenvalue weighted by atomic mass is 32.2. The number of sulfone groups is 1. The molecule has 2 heterocycles. The smallest absolute Gasteiger partial charge is 0.324 e. The molecule has 1 aromatic carbocycles. The molecule has 1 aliphatic heterocycles. The normalized spacial score (nSPS) is 22.2. The number of anilines is 1. The summed E-state index contributed by atoms with van der Waals surface area (Å²) in [6.45, 7) is 6.41. The van der Waals surface area contributed by atoms with Gasteiger partial charge in [-0.05, 0) is 61.6 Å². The predicted octanol–water partition coefficient (Wildman–Crippen LogP) is 4.06. The van der Waals surface area contributed by atoms with Crippen LogP contribution in [0, 0.1) is 23.6 Å². The van der Waals surface area contributed by atoms with E-state index in [1.165, 1.54) is 18.6 Å². The Labute approximate surface area is 182 Å². The van der Waals surface area contributed by atoms with Gasteiger partial charge >= 0.3 is 6.01 Å². The first-order chi connectivity index (χ1) is 14.7. The monoisotopic (exact) mass is 451 g/mol. The first-order valence-electron chi connectivity index (χ1n) is 10.9. The highest BCUT2D eigenvalue weighted by Gasteiger charge is 2.43. The van der Waals surface area contributed by atoms with Gasteiger partial charge < -0.3 is 14.2 Å². The lowest BCUT2D eigenvalue weighted by Crippen LogP contribution is -2.34. The molecule has 170 valence electrons. The van der Waals surface area contributed by atoms with Crippen molar-refractivity contribution in [2.75, 3.05) is 30.9 Å². The van der Waals surface area contributed by atoms with E-state index in [1.54, 1.807) is 0 Å². The van der Waals surface area contributed by atoms with E-state index in [0.29, 0.717) is 30.4 Å². The number of piperidine rings is 1. The van der Waals surface area contributed by atoms with Gasteiger partial charge in [0.25, 0.3) is 0 Å². The molecule has 2 aromatic rings. The molecule has 0 N–H and O–H groups in total. The quantitative estimate of drug-likeness (QED) is 0.598. The Morgan fingerprint density at radius 3 is 2.65 bits per heavy atom. The minimum atomic E-state index is -3.42. The molecule has 0 unspecified atom stereocenters. The fourth-order valence-corrected chi connectivity index (χ4v) is 5.07. The van der Waals surface area contributed by atoms with Crippen molar-refractivity contribution in [2.24, 2.45) is 17.8 Å². The van der Waals surface area contributed by atoms with Crippen molar-refractivity contribution in [3.05, 3.63) is 29.8 Å². The molecular formula is C22H30FN3O4S. The molecule has 31 heavy (non-hydrogen) atoms. The van der Waals surface area contributed by atoms with Gasteiger partial charge in [-0.25, -0.2) is 12.8 Å². The summed E-state index contributed by atoms with van der Waals surface area (Å²) in [6.07, 6.45) is 5.37. The largest absolute Gasteiger partial charge is 0.491 e. The van der Waals surface area contributed by atoms with Crippen LogP contribution in [0.15, 0.2) is 27.6 Å². The van der Waals surface area contributed by atoms with Crippen molar-refractivity contribution in [3.8, 4) is 5.75 Å². The highest BCUT2D eigenvalue weighted by molar-refractivity contribution is 7.90. The zero-order valence-electron chi connectivity index (χ0n) is 18.3. The van der Waals surface area contributed by atoms with E-state index in [0.717, 1.165) is 50.5 Å². The molecule has 1 aliphatic carbocycles. The fraction of sp³-hybridized carbons (Fsp3) is 0.636. The molecule has 0 amide bonds. The predicted molar refractivity (Wildman–Crippen MR) is 115 cm³/mol. The minimum absolute atomic E-state index is 0.0353. The number of rotatable bonds is 8. The summed E-state index contributed by atoms with van der Waals surface area (Å²) >= 11 is 0. The first kappa shape index (κ1) is 22.0. The van der Waals surface area contributed by atoms with Crippen LogP contribution in [-0.4, -0.2) is 44.5 Å². The van der Waals surface area contributed by atoms with E-state index < -0.39 is 15.7 Å². The second-order valence-electron chi connectivity index (χ2n) is 9.08. The van der Waals surface area contributed by atoms with Crippen molar-refractivity contribution in [3.63, 3.8) is 0 Å². The lowest BCUT2D eigenvalue weighted by Gasteiger charge is -2.30. The maximum absolute atomic E-state index is 14.1. The van der Waals surface area contributed by atoms with Crippen molar-refractivity contribution in [1.82, 2.24) is 10.1 Å². The Morgan fingerprint density at radius 1 is 1.29 bits per heavy atom. The van der Waals surface area contributed by atoms with E-state index in [-0.39, 0.29) is 16.6 Å². The van der Waals surface area contributed by atoms with Crippen LogP contribution in [0.2, 0.25) is 0 Å². The zero-order valence-corrected chi connectivity index (χ0v) is 19.1. The van der Waals surface area contributed by atoms with Crippen LogP contribution in [0.4, 0.5) is 10.4 Å². The molecule has 1 aromatic heterocycles. The van der Waals surface area contributed by atoms with Gasteiger partial charge in [-0.15, -0.1) is 0 Å². The van der Waals surface area contributed by atoms with Crippen molar-refractivity contribution >= 4 is 15.9 Å². The summed E-state index contributed by atoms with van der Waals surface area (Å²) in [5.74, 6) is 2.50. The molecule has 0 radical (unpaired) electrons. The van der Waals surface area contributed by atoms with Crippen LogP contribution < -0.4 is 9.64 Å². The lowest BCUT2D eigenvalue weighted by molar-refractivity contribution is 0.272. The van der Waals surface area contributed by atoms with Crippen LogP contribution in [0.1, 0.15) is 51.3 Å². The number of hydrogen-bond acceptors (Lipinski definition) is 7. The zero-order chi connectivity index (χ0) is 22.2. The van der Waals surface area contributed by atoms with Crippen LogP contribution in [-0.2, 0) is 9.84 Å². The van der Waals surface area contributed by atoms with Gasteiger partial charge in [0.05, 0.1) is 11.5 Å². The maximum Gasteiger partial charge on any atom is 0.324 e. The van der Waals surface area contributed by atoms with Crippen molar-refractivity contribution in [1.29, 1.82) is 0 Å². The van der Waals surface area contributed by atoms with Crippen LogP contribution in [0.5, 0.6) is 5.75 Å². The molecule has 4 rings (SSSR count). The topological polar surface area (TPSA) is 85.5 Å². The summed E-state index contributed by atoms with van der Waals surface area (Å²) in [5, 5.41) is 4.05. The van der Waals surface area contributed by atoms with Gasteiger partial charge in [-0.3, -0.25) is 0 Å². The van der Waals surface area contributed by atoms with E-state index in [4.69, 9.17) is 9.26 Å². The van der Waals surface area contributed by atoms with Crippen LogP contribution >= 0.6 is 0 Å². The molecule has 2 fully saturated rings. The van der Waals surface area contributed by atoms with Gasteiger partial charge in [0, 0.05) is 25.3 Å². The average Bonchev–Trinajstić information content (AvgIpc) is 3.31. The SMILES string of the molecule is CC(C)c1noc(N2CCC([C@H]3C[C@@H]3CCOc3ccc(S(C)(=O)=O)cc3F)CC2)n1. The third kappa shape index (κ3) is 5.19. The number of benzene rings is 1. The lowest BCUT2D eigenvalue weighted by atomic mass is 9.90. The second kappa shape index (κ2) is 8.76. The summed E-state index contributed by atoms with van der Waals surface area (Å²) in [6, 6.07) is 4.43. The number of aromatic nitrogens is 2. The Balaban J connectivity index is 1.20. The van der Waals surface area contributed by atoms with Gasteiger partial charge in [0.15, 0.2) is 27.2 Å². The summed E-state index contributed by atoms with van der Waals surface area (Å²) < 4.78 is 48.1. The van der Waals surface area contributed by atoms with Crippen molar-refractivity contribution in [2.45, 2.75) is 50.3 Å². The first-order valence-corrected chi connectivity index (χ1v) is 12.8. The molecule has 0 bridgehead atoms. The van der Waals surface area contributed by atoms with E-state index >= 15 is 0 Å². The highest BCUT2D eigenvalue weighted by Crippen LogP contribution is 2.50. The molecule has 7 nitrogen and oxygen atoms in total. The van der Waals surface area contributed by atoms with E-state index in [1.807, 2.05) is 0 Å². The van der Waals surface area contributed by atoms with Gasteiger partial charge in [-0.2, -0.15) is 4.98 Å². The molecule has 9 heteroatoms. The second-order valence-corrected chi connectivity index (χ2v) is 11.1. The number of halogens is 1. The fourth-order valence-electron chi connectivity index (χ4n) is 4.44. The number of nitrogens with zero attached hydrogens (tertiary/aromatic N) is 3. The molecule has 0 spiro atoms. The van der Waals surface area contributed by atoms with Gasteiger partial charge in [-0.1, -0.05) is 19.0 Å². The van der Waals surface area contributed by atoms with Crippen LogP contribution in [0.25, 0.3) is 0 Å². The summed E-state index contributed by atoms with van der Waals surface area (Å²) in [4.78, 5) is 6.64. The molecule has 2 atom stereocenters. The summed E-state index contributed by atoms with van der Waals surface area (Å²) in [5.41, 5.74) is 0. The van der Waals surface area contributed by atoms with Crippen molar-refractivity contribution < 1.29 is 22.1 Å². The summed E-state index contributed by atoms with van der Waals surface area (Å²) in [7, 11) is -3.42. The third-order valence-corrected chi connectivity index (χ3v) is 7.53. The van der Waals surface area contributed by atoms with E-state index in [9.17, 15) is 12.8 Å². The van der Waals surface area contributed by atoms with E-state index in [2.05, 4.69) is 28.9 Å².